The van der Waals surface area contributed by atoms with Crippen molar-refractivity contribution >= 4 is 39.9 Å². The summed E-state index contributed by atoms with van der Waals surface area (Å²) in [6, 6.07) is 10.4. The highest BCUT2D eigenvalue weighted by Gasteiger charge is 2.26. The van der Waals surface area contributed by atoms with Crippen molar-refractivity contribution < 1.29 is 27.8 Å². The molecule has 1 aliphatic carbocycles. The number of hydrogen-bond donors (Lipinski definition) is 1. The predicted molar refractivity (Wildman–Crippen MR) is 147 cm³/mol. The molecule has 0 radical (unpaired) electrons. The fraction of sp³-hybridized carbons (Fsp3) is 0.286. The largest absolute Gasteiger partial charge is 0.489 e. The van der Waals surface area contributed by atoms with E-state index in [1.807, 2.05) is 0 Å². The molecule has 2 aromatic heterocycles. The molecule has 0 unspecified atom stereocenters. The van der Waals surface area contributed by atoms with Gasteiger partial charge in [0.1, 0.15) is 12.6 Å². The summed E-state index contributed by atoms with van der Waals surface area (Å²) in [5, 5.41) is 3.15. The molecule has 0 aliphatic heterocycles. The lowest BCUT2D eigenvalue weighted by Gasteiger charge is -2.22. The minimum Gasteiger partial charge on any atom is -0.489 e. The summed E-state index contributed by atoms with van der Waals surface area (Å²) in [6.07, 6.45) is 3.63. The summed E-state index contributed by atoms with van der Waals surface area (Å²) < 4.78 is 43.1. The van der Waals surface area contributed by atoms with Crippen LogP contribution in [0.15, 0.2) is 64.4 Å². The van der Waals surface area contributed by atoms with E-state index in [9.17, 15) is 23.2 Å². The van der Waals surface area contributed by atoms with Crippen molar-refractivity contribution in [2.24, 2.45) is 5.92 Å². The minimum atomic E-state index is -3.07. The SMILES string of the molecule is O=C(Cn1[nH]c(=O)c2ccccc2c1=O)O[C@@H](Cc1c(Cl)cncc1Cl)c1ccc(OC(F)F)c(OCC2CC2)c1. The Morgan fingerprint density at radius 2 is 1.76 bits per heavy atom. The molecular weight excluding hydrogens is 583 g/mol. The van der Waals surface area contributed by atoms with E-state index in [0.29, 0.717) is 23.7 Å². The molecule has 5 rings (SSSR count). The monoisotopic (exact) mass is 605 g/mol. The Balaban J connectivity index is 1.47. The van der Waals surface area contributed by atoms with Crippen LogP contribution in [0.4, 0.5) is 8.78 Å². The number of H-pyrrole nitrogens is 1. The van der Waals surface area contributed by atoms with Gasteiger partial charge in [-0.25, -0.2) is 4.68 Å². The first-order valence-corrected chi connectivity index (χ1v) is 13.4. The Morgan fingerprint density at radius 3 is 2.44 bits per heavy atom. The number of benzene rings is 2. The van der Waals surface area contributed by atoms with Crippen LogP contribution in [0.1, 0.15) is 30.1 Å². The molecule has 2 heterocycles. The highest BCUT2D eigenvalue weighted by Crippen LogP contribution is 2.37. The van der Waals surface area contributed by atoms with Crippen molar-refractivity contribution in [3.05, 3.63) is 96.7 Å². The number of carbonyl (C=O) groups is 1. The van der Waals surface area contributed by atoms with Gasteiger partial charge in [-0.2, -0.15) is 8.78 Å². The summed E-state index contributed by atoms with van der Waals surface area (Å²) in [7, 11) is 0. The van der Waals surface area contributed by atoms with Crippen LogP contribution in [-0.4, -0.2) is 34.0 Å². The molecule has 4 aromatic rings. The van der Waals surface area contributed by atoms with Gasteiger partial charge in [-0.1, -0.05) is 41.4 Å². The molecule has 0 amide bonds. The Labute approximate surface area is 241 Å². The van der Waals surface area contributed by atoms with E-state index in [-0.39, 0.29) is 38.7 Å². The molecule has 1 saturated carbocycles. The molecule has 1 atom stereocenters. The molecule has 1 aliphatic rings. The highest BCUT2D eigenvalue weighted by atomic mass is 35.5. The maximum absolute atomic E-state index is 13.1. The predicted octanol–water partition coefficient (Wildman–Crippen LogP) is 5.31. The molecule has 13 heteroatoms. The second-order valence-electron chi connectivity index (χ2n) is 9.48. The number of esters is 1. The Hall–Kier alpha value is -3.96. The number of fused-ring (bicyclic) bond motifs is 1. The standard InChI is InChI=1S/C28H23Cl2F2N3O6/c29-20-11-33-12-21(30)19(20)10-23(16-7-8-22(41-28(31)32)24(9-16)39-14-15-5-6-15)40-25(36)13-35-27(38)18-4-2-1-3-17(18)26(37)34-35/h1-4,7-9,11-12,15,23,28H,5-6,10,13-14H2,(H,34,37)/t23-/m0/s1. The van der Waals surface area contributed by atoms with Crippen LogP contribution in [0.2, 0.25) is 10.0 Å². The third-order valence-electron chi connectivity index (χ3n) is 6.51. The first kappa shape index (κ1) is 28.6. The Kier molecular flexibility index (Phi) is 8.55. The van der Waals surface area contributed by atoms with Gasteiger partial charge in [0.25, 0.3) is 11.1 Å². The summed E-state index contributed by atoms with van der Waals surface area (Å²) >= 11 is 12.7. The summed E-state index contributed by atoms with van der Waals surface area (Å²) in [6.45, 7) is -3.37. The second-order valence-corrected chi connectivity index (χ2v) is 10.3. The van der Waals surface area contributed by atoms with Gasteiger partial charge >= 0.3 is 12.6 Å². The van der Waals surface area contributed by atoms with Crippen molar-refractivity contribution in [2.45, 2.75) is 38.5 Å². The first-order valence-electron chi connectivity index (χ1n) is 12.6. The normalized spacial score (nSPS) is 13.8. The zero-order valence-corrected chi connectivity index (χ0v) is 22.8. The minimum absolute atomic E-state index is 0.0216. The summed E-state index contributed by atoms with van der Waals surface area (Å²) in [5.74, 6) is -0.659. The quantitative estimate of drug-likeness (QED) is 0.231. The Morgan fingerprint density at radius 1 is 1.05 bits per heavy atom. The van der Waals surface area contributed by atoms with Gasteiger partial charge in [0.05, 0.1) is 27.4 Å². The van der Waals surface area contributed by atoms with Crippen molar-refractivity contribution in [3.63, 3.8) is 0 Å². The fourth-order valence-corrected chi connectivity index (χ4v) is 4.77. The molecule has 0 spiro atoms. The lowest BCUT2D eigenvalue weighted by Crippen LogP contribution is -2.33. The number of alkyl halides is 2. The van der Waals surface area contributed by atoms with Crippen LogP contribution >= 0.6 is 23.2 Å². The molecule has 1 fully saturated rings. The van der Waals surface area contributed by atoms with Gasteiger partial charge in [0.2, 0.25) is 0 Å². The first-order chi connectivity index (χ1) is 19.7. The lowest BCUT2D eigenvalue weighted by molar-refractivity contribution is -0.150. The Bertz CT molecular complexity index is 1690. The second kappa shape index (κ2) is 12.3. The van der Waals surface area contributed by atoms with Crippen LogP contribution in [0.3, 0.4) is 0 Å². The van der Waals surface area contributed by atoms with Gasteiger partial charge in [0.15, 0.2) is 11.5 Å². The number of aromatic nitrogens is 3. The smallest absolute Gasteiger partial charge is 0.387 e. The van der Waals surface area contributed by atoms with Crippen molar-refractivity contribution in [2.75, 3.05) is 6.61 Å². The zero-order valence-electron chi connectivity index (χ0n) is 21.3. The molecule has 9 nitrogen and oxygen atoms in total. The molecule has 214 valence electrons. The van der Waals surface area contributed by atoms with Crippen molar-refractivity contribution in [3.8, 4) is 11.5 Å². The highest BCUT2D eigenvalue weighted by molar-refractivity contribution is 6.35. The van der Waals surface area contributed by atoms with Gasteiger partial charge in [0, 0.05) is 18.8 Å². The van der Waals surface area contributed by atoms with Crippen molar-refractivity contribution in [1.29, 1.82) is 0 Å². The number of pyridine rings is 1. The van der Waals surface area contributed by atoms with Crippen molar-refractivity contribution in [1.82, 2.24) is 14.8 Å². The number of aromatic amines is 1. The lowest BCUT2D eigenvalue weighted by atomic mass is 10.0. The molecular formula is C28H23Cl2F2N3O6. The number of ether oxygens (including phenoxy) is 3. The molecule has 2 aromatic carbocycles. The number of halogens is 4. The van der Waals surface area contributed by atoms with Crippen LogP contribution < -0.4 is 20.6 Å². The van der Waals surface area contributed by atoms with E-state index < -0.39 is 36.3 Å². The maximum Gasteiger partial charge on any atom is 0.387 e. The number of rotatable bonds is 11. The van der Waals surface area contributed by atoms with E-state index in [1.165, 1.54) is 42.7 Å². The van der Waals surface area contributed by atoms with E-state index in [0.717, 1.165) is 17.5 Å². The van der Waals surface area contributed by atoms with E-state index >= 15 is 0 Å². The average molecular weight is 606 g/mol. The number of carbonyl (C=O) groups excluding carboxylic acids is 1. The zero-order chi connectivity index (χ0) is 29.1. The summed E-state index contributed by atoms with van der Waals surface area (Å²) in [4.78, 5) is 42.4. The van der Waals surface area contributed by atoms with Crippen LogP contribution in [0.5, 0.6) is 11.5 Å². The number of nitrogens with zero attached hydrogens (tertiary/aromatic N) is 2. The maximum atomic E-state index is 13.1. The van der Waals surface area contributed by atoms with Gasteiger partial charge in [-0.05, 0) is 54.2 Å². The molecule has 0 bridgehead atoms. The number of nitrogens with one attached hydrogen (secondary N) is 1. The van der Waals surface area contributed by atoms with E-state index in [1.54, 1.807) is 12.1 Å². The molecule has 41 heavy (non-hydrogen) atoms. The molecule has 0 saturated heterocycles. The average Bonchev–Trinajstić information content (AvgIpc) is 3.77. The summed E-state index contributed by atoms with van der Waals surface area (Å²) in [5.41, 5.74) is -0.343. The topological polar surface area (TPSA) is 113 Å². The van der Waals surface area contributed by atoms with Crippen LogP contribution in [-0.2, 0) is 22.5 Å². The third-order valence-corrected chi connectivity index (χ3v) is 7.17. The fourth-order valence-electron chi connectivity index (χ4n) is 4.25. The van der Waals surface area contributed by atoms with Crippen LogP contribution in [0, 0.1) is 5.92 Å². The van der Waals surface area contributed by atoms with Gasteiger partial charge in [-0.3, -0.25) is 24.5 Å². The number of hydrogen-bond acceptors (Lipinski definition) is 7. The molecule has 1 N–H and O–H groups in total. The van der Waals surface area contributed by atoms with E-state index in [2.05, 4.69) is 14.8 Å². The van der Waals surface area contributed by atoms with E-state index in [4.69, 9.17) is 32.7 Å². The van der Waals surface area contributed by atoms with Crippen LogP contribution in [0.25, 0.3) is 10.8 Å². The van der Waals surface area contributed by atoms with Gasteiger partial charge < -0.3 is 14.2 Å². The third kappa shape index (κ3) is 6.86. The van der Waals surface area contributed by atoms with Gasteiger partial charge in [-0.15, -0.1) is 0 Å².